The Bertz CT molecular complexity index is 1010. The third kappa shape index (κ3) is 2.97. The van der Waals surface area contributed by atoms with Crippen molar-refractivity contribution in [3.8, 4) is 21.8 Å². The molecule has 0 aliphatic carbocycles. The second-order valence-corrected chi connectivity index (χ2v) is 8.04. The topological polar surface area (TPSA) is 93.3 Å². The molecule has 0 unspecified atom stereocenters. The largest absolute Gasteiger partial charge is 0.388 e. The number of aliphatic hydroxyl groups excluding tert-OH is 1. The molecule has 0 saturated heterocycles. The van der Waals surface area contributed by atoms with E-state index in [-0.39, 0.29) is 10.7 Å². The molecule has 3 rings (SSSR count). The Kier molecular flexibility index (Phi) is 4.24. The highest BCUT2D eigenvalue weighted by Crippen LogP contribution is 2.37. The minimum absolute atomic E-state index is 0.157. The first-order chi connectivity index (χ1) is 11.3. The zero-order valence-electron chi connectivity index (χ0n) is 12.8. The summed E-state index contributed by atoms with van der Waals surface area (Å²) in [5.41, 5.74) is 1.93. The summed E-state index contributed by atoms with van der Waals surface area (Å²) in [6.45, 7) is 1.40. The van der Waals surface area contributed by atoms with Crippen LogP contribution in [-0.4, -0.2) is 29.9 Å². The third-order valence-electron chi connectivity index (χ3n) is 3.35. The van der Waals surface area contributed by atoms with E-state index in [9.17, 15) is 17.9 Å². The zero-order chi connectivity index (χ0) is 17.5. The van der Waals surface area contributed by atoms with Gasteiger partial charge in [-0.3, -0.25) is 0 Å². The predicted molar refractivity (Wildman–Crippen MR) is 86.8 cm³/mol. The van der Waals surface area contributed by atoms with E-state index in [1.54, 1.807) is 0 Å². The van der Waals surface area contributed by atoms with Crippen molar-refractivity contribution in [1.29, 1.82) is 0 Å². The maximum atomic E-state index is 14.2. The van der Waals surface area contributed by atoms with Crippen molar-refractivity contribution in [3.63, 3.8) is 0 Å². The standard InChI is InChI=1S/C15H13FN2O4S2/c1-8-7-23-15(17-8)14-13(11(6-19)22-18-14)9-3-4-12(10(16)5-9)24(2,20)21/h3-5,7,19H,6H2,1-2H3. The van der Waals surface area contributed by atoms with Crippen LogP contribution in [0.1, 0.15) is 11.5 Å². The predicted octanol–water partition coefficient (Wildman–Crippen LogP) is 2.81. The van der Waals surface area contributed by atoms with Crippen molar-refractivity contribution in [2.75, 3.05) is 6.26 Å². The summed E-state index contributed by atoms with van der Waals surface area (Å²) in [5.74, 6) is -0.717. The lowest BCUT2D eigenvalue weighted by Gasteiger charge is -2.05. The Balaban J connectivity index is 2.19. The van der Waals surface area contributed by atoms with Crippen LogP contribution < -0.4 is 0 Å². The highest BCUT2D eigenvalue weighted by Gasteiger charge is 2.23. The second kappa shape index (κ2) is 6.08. The molecule has 0 fully saturated rings. The van der Waals surface area contributed by atoms with Crippen molar-refractivity contribution in [2.24, 2.45) is 0 Å². The lowest BCUT2D eigenvalue weighted by Crippen LogP contribution is -2.01. The number of aryl methyl sites for hydroxylation is 1. The van der Waals surface area contributed by atoms with E-state index in [0.717, 1.165) is 18.0 Å². The van der Waals surface area contributed by atoms with Gasteiger partial charge >= 0.3 is 0 Å². The van der Waals surface area contributed by atoms with Gasteiger partial charge in [0.25, 0.3) is 0 Å². The van der Waals surface area contributed by atoms with Gasteiger partial charge in [-0.2, -0.15) is 0 Å². The van der Waals surface area contributed by atoms with Gasteiger partial charge in [0.1, 0.15) is 22.3 Å². The monoisotopic (exact) mass is 368 g/mol. The minimum Gasteiger partial charge on any atom is -0.388 e. The van der Waals surface area contributed by atoms with Crippen LogP contribution in [0.15, 0.2) is 33.0 Å². The molecule has 0 aliphatic heterocycles. The molecule has 0 spiro atoms. The van der Waals surface area contributed by atoms with E-state index in [0.29, 0.717) is 21.8 Å². The quantitative estimate of drug-likeness (QED) is 0.761. The van der Waals surface area contributed by atoms with Crippen molar-refractivity contribution < 1.29 is 22.4 Å². The maximum absolute atomic E-state index is 14.2. The van der Waals surface area contributed by atoms with E-state index in [2.05, 4.69) is 10.1 Å². The van der Waals surface area contributed by atoms with Gasteiger partial charge < -0.3 is 9.63 Å². The number of thiazole rings is 1. The number of hydrogen-bond acceptors (Lipinski definition) is 7. The van der Waals surface area contributed by atoms with Gasteiger partial charge in [0.15, 0.2) is 21.3 Å². The fraction of sp³-hybridized carbons (Fsp3) is 0.200. The number of hydrogen-bond donors (Lipinski definition) is 1. The molecule has 3 aromatic rings. The molecule has 0 atom stereocenters. The fourth-order valence-electron chi connectivity index (χ4n) is 2.30. The molecule has 9 heteroatoms. The highest BCUT2D eigenvalue weighted by molar-refractivity contribution is 7.90. The fourth-order valence-corrected chi connectivity index (χ4v) is 3.81. The first kappa shape index (κ1) is 16.7. The molecule has 24 heavy (non-hydrogen) atoms. The Morgan fingerprint density at radius 3 is 2.67 bits per heavy atom. The molecule has 1 N–H and O–H groups in total. The Hall–Kier alpha value is -2.10. The second-order valence-electron chi connectivity index (χ2n) is 5.20. The molecule has 0 aliphatic rings. The molecular weight excluding hydrogens is 355 g/mol. The Labute approximate surface area is 141 Å². The summed E-state index contributed by atoms with van der Waals surface area (Å²) in [4.78, 5) is 3.93. The van der Waals surface area contributed by atoms with Crippen molar-refractivity contribution in [1.82, 2.24) is 10.1 Å². The summed E-state index contributed by atoms with van der Waals surface area (Å²) in [7, 11) is -3.67. The molecule has 0 amide bonds. The minimum atomic E-state index is -3.67. The van der Waals surface area contributed by atoms with Crippen molar-refractivity contribution in [3.05, 3.63) is 40.9 Å². The molecule has 126 valence electrons. The lowest BCUT2D eigenvalue weighted by molar-refractivity contribution is 0.230. The SMILES string of the molecule is Cc1csc(-c2noc(CO)c2-c2ccc(S(C)(=O)=O)c(F)c2)n1. The molecule has 0 radical (unpaired) electrons. The number of aromatic nitrogens is 2. The van der Waals surface area contributed by atoms with E-state index in [1.807, 2.05) is 12.3 Å². The first-order valence-corrected chi connectivity index (χ1v) is 9.60. The average molecular weight is 368 g/mol. The maximum Gasteiger partial charge on any atom is 0.178 e. The van der Waals surface area contributed by atoms with E-state index in [4.69, 9.17) is 4.52 Å². The number of aliphatic hydroxyl groups is 1. The van der Waals surface area contributed by atoms with Crippen LogP contribution in [0, 0.1) is 12.7 Å². The van der Waals surface area contributed by atoms with E-state index >= 15 is 0 Å². The van der Waals surface area contributed by atoms with Crippen LogP contribution in [-0.2, 0) is 16.4 Å². The van der Waals surface area contributed by atoms with Crippen LogP contribution in [0.2, 0.25) is 0 Å². The molecule has 0 saturated carbocycles. The normalized spacial score (nSPS) is 11.8. The van der Waals surface area contributed by atoms with Gasteiger partial charge in [-0.15, -0.1) is 11.3 Å². The molecule has 0 bridgehead atoms. The van der Waals surface area contributed by atoms with Gasteiger partial charge in [-0.05, 0) is 24.6 Å². The van der Waals surface area contributed by atoms with Crippen LogP contribution in [0.5, 0.6) is 0 Å². The zero-order valence-corrected chi connectivity index (χ0v) is 14.4. The first-order valence-electron chi connectivity index (χ1n) is 6.83. The molecule has 2 heterocycles. The molecule has 6 nitrogen and oxygen atoms in total. The van der Waals surface area contributed by atoms with Gasteiger partial charge in [0.2, 0.25) is 0 Å². The lowest BCUT2D eigenvalue weighted by atomic mass is 10.0. The van der Waals surface area contributed by atoms with Crippen LogP contribution in [0.25, 0.3) is 21.8 Å². The van der Waals surface area contributed by atoms with E-state index < -0.39 is 22.3 Å². The molecular formula is C15H13FN2O4S2. The van der Waals surface area contributed by atoms with E-state index in [1.165, 1.54) is 23.5 Å². The third-order valence-corrected chi connectivity index (χ3v) is 5.44. The van der Waals surface area contributed by atoms with Crippen LogP contribution in [0.4, 0.5) is 4.39 Å². The summed E-state index contributed by atoms with van der Waals surface area (Å²) in [5, 5.41) is 15.8. The summed E-state index contributed by atoms with van der Waals surface area (Å²) < 4.78 is 42.4. The molecule has 1 aromatic carbocycles. The number of nitrogens with zero attached hydrogens (tertiary/aromatic N) is 2. The summed E-state index contributed by atoms with van der Waals surface area (Å²) in [6.07, 6.45) is 0.938. The number of halogens is 1. The average Bonchev–Trinajstić information content (AvgIpc) is 3.11. The number of sulfone groups is 1. The van der Waals surface area contributed by atoms with Gasteiger partial charge in [0, 0.05) is 17.3 Å². The Morgan fingerprint density at radius 2 is 2.12 bits per heavy atom. The van der Waals surface area contributed by atoms with Crippen LogP contribution in [0.3, 0.4) is 0 Å². The van der Waals surface area contributed by atoms with Gasteiger partial charge in [0.05, 0.1) is 5.56 Å². The summed E-state index contributed by atoms with van der Waals surface area (Å²) in [6, 6.07) is 3.73. The smallest absolute Gasteiger partial charge is 0.178 e. The number of rotatable bonds is 4. The Morgan fingerprint density at radius 1 is 1.38 bits per heavy atom. The highest BCUT2D eigenvalue weighted by atomic mass is 32.2. The number of benzene rings is 1. The van der Waals surface area contributed by atoms with Gasteiger partial charge in [-0.25, -0.2) is 17.8 Å². The van der Waals surface area contributed by atoms with Crippen LogP contribution >= 0.6 is 11.3 Å². The summed E-state index contributed by atoms with van der Waals surface area (Å²) >= 11 is 1.34. The van der Waals surface area contributed by atoms with Crippen molar-refractivity contribution >= 4 is 21.2 Å². The van der Waals surface area contributed by atoms with Crippen molar-refractivity contribution in [2.45, 2.75) is 18.4 Å². The van der Waals surface area contributed by atoms with Gasteiger partial charge in [-0.1, -0.05) is 11.2 Å². The molecule has 2 aromatic heterocycles.